The van der Waals surface area contributed by atoms with Crippen LogP contribution in [0.4, 0.5) is 13.6 Å². The molecule has 0 radical (unpaired) electrons. The largest absolute Gasteiger partial charge is 0.469 e. The van der Waals surface area contributed by atoms with Gasteiger partial charge in [0.05, 0.1) is 20.1 Å². The summed E-state index contributed by atoms with van der Waals surface area (Å²) in [4.78, 5) is 23.9. The van der Waals surface area contributed by atoms with Crippen molar-refractivity contribution in [2.24, 2.45) is 5.92 Å². The number of carbonyl (C=O) groups is 2. The van der Waals surface area contributed by atoms with E-state index in [2.05, 4.69) is 4.74 Å². The molecule has 1 aliphatic rings. The predicted octanol–water partition coefficient (Wildman–Crippen LogP) is 2.44. The van der Waals surface area contributed by atoms with Crippen LogP contribution in [0.5, 0.6) is 0 Å². The summed E-state index contributed by atoms with van der Waals surface area (Å²) in [6, 6.07) is 0. The van der Waals surface area contributed by atoms with Gasteiger partial charge >= 0.3 is 12.1 Å². The molecule has 0 aromatic carbocycles. The van der Waals surface area contributed by atoms with Crippen LogP contribution in [-0.4, -0.2) is 48.7 Å². The fraction of sp³-hybridized carbons (Fsp3) is 0.846. The van der Waals surface area contributed by atoms with E-state index in [9.17, 15) is 18.4 Å². The number of esters is 1. The van der Waals surface area contributed by atoms with Crippen molar-refractivity contribution in [3.05, 3.63) is 0 Å². The van der Waals surface area contributed by atoms with Crippen molar-refractivity contribution in [3.8, 4) is 0 Å². The van der Waals surface area contributed by atoms with Gasteiger partial charge in [0, 0.05) is 12.5 Å². The molecule has 1 saturated heterocycles. The van der Waals surface area contributed by atoms with Gasteiger partial charge in [0.15, 0.2) is 0 Å². The number of methoxy groups -OCH3 is 1. The van der Waals surface area contributed by atoms with E-state index < -0.39 is 36.0 Å². The molecular formula is C13H21F2NO4. The third kappa shape index (κ3) is 4.61. The highest BCUT2D eigenvalue weighted by atomic mass is 19.3. The van der Waals surface area contributed by atoms with Crippen LogP contribution < -0.4 is 0 Å². The topological polar surface area (TPSA) is 55.8 Å². The zero-order valence-corrected chi connectivity index (χ0v) is 12.2. The minimum absolute atomic E-state index is 0.0430. The number of hydrogen-bond donors (Lipinski definition) is 0. The molecule has 1 rings (SSSR count). The van der Waals surface area contributed by atoms with Crippen molar-refractivity contribution in [3.63, 3.8) is 0 Å². The van der Waals surface area contributed by atoms with Crippen molar-refractivity contribution >= 4 is 12.1 Å². The maximum atomic E-state index is 14.0. The molecule has 20 heavy (non-hydrogen) atoms. The number of alkyl halides is 2. The molecule has 0 N–H and O–H groups in total. The fourth-order valence-electron chi connectivity index (χ4n) is 2.00. The number of hydrogen-bond acceptors (Lipinski definition) is 4. The number of halogens is 2. The SMILES string of the molecule is COC(=O)C[C@@H]1CCN(C(=O)OC(C)(C)C)CC1(F)F. The summed E-state index contributed by atoms with van der Waals surface area (Å²) in [5, 5.41) is 0. The molecule has 0 bridgehead atoms. The van der Waals surface area contributed by atoms with E-state index in [0.29, 0.717) is 0 Å². The Kier molecular flexibility index (Phi) is 4.94. The number of piperidine rings is 1. The normalized spacial score (nSPS) is 22.3. The van der Waals surface area contributed by atoms with Crippen LogP contribution in [0, 0.1) is 5.92 Å². The van der Waals surface area contributed by atoms with Gasteiger partial charge < -0.3 is 14.4 Å². The molecule has 7 heteroatoms. The van der Waals surface area contributed by atoms with Gasteiger partial charge in [0.2, 0.25) is 0 Å². The fourth-order valence-corrected chi connectivity index (χ4v) is 2.00. The molecule has 0 spiro atoms. The zero-order valence-electron chi connectivity index (χ0n) is 12.2. The lowest BCUT2D eigenvalue weighted by Gasteiger charge is -2.38. The predicted molar refractivity (Wildman–Crippen MR) is 67.5 cm³/mol. The number of likely N-dealkylation sites (tertiary alicyclic amines) is 1. The smallest absolute Gasteiger partial charge is 0.410 e. The lowest BCUT2D eigenvalue weighted by molar-refractivity contribution is -0.152. The first-order valence-electron chi connectivity index (χ1n) is 6.48. The van der Waals surface area contributed by atoms with E-state index in [4.69, 9.17) is 4.74 Å². The van der Waals surface area contributed by atoms with Gasteiger partial charge in [-0.15, -0.1) is 0 Å². The summed E-state index contributed by atoms with van der Waals surface area (Å²) in [6.07, 6.45) is -1.05. The Balaban J connectivity index is 2.64. The van der Waals surface area contributed by atoms with Crippen molar-refractivity contribution in [2.45, 2.75) is 45.1 Å². The first-order valence-corrected chi connectivity index (χ1v) is 6.48. The summed E-state index contributed by atoms with van der Waals surface area (Å²) in [6.45, 7) is 4.43. The molecule has 0 aromatic heterocycles. The number of carbonyl (C=O) groups excluding carboxylic acids is 2. The van der Waals surface area contributed by atoms with Crippen molar-refractivity contribution in [2.75, 3.05) is 20.2 Å². The Hall–Kier alpha value is -1.40. The minimum Gasteiger partial charge on any atom is -0.469 e. The first kappa shape index (κ1) is 16.7. The van der Waals surface area contributed by atoms with Crippen molar-refractivity contribution in [1.29, 1.82) is 0 Å². The van der Waals surface area contributed by atoms with E-state index in [0.717, 1.165) is 12.0 Å². The Morgan fingerprint density at radius 3 is 2.40 bits per heavy atom. The van der Waals surface area contributed by atoms with Gasteiger partial charge in [-0.2, -0.15) is 0 Å². The zero-order chi connectivity index (χ0) is 15.6. The molecule has 1 aliphatic heterocycles. The molecule has 0 aromatic rings. The quantitative estimate of drug-likeness (QED) is 0.734. The molecule has 5 nitrogen and oxygen atoms in total. The van der Waals surface area contributed by atoms with Crippen LogP contribution >= 0.6 is 0 Å². The highest BCUT2D eigenvalue weighted by molar-refractivity contribution is 5.70. The highest BCUT2D eigenvalue weighted by Gasteiger charge is 2.47. The van der Waals surface area contributed by atoms with E-state index in [1.807, 2.05) is 0 Å². The van der Waals surface area contributed by atoms with Gasteiger partial charge in [-0.1, -0.05) is 0 Å². The third-order valence-electron chi connectivity index (χ3n) is 3.04. The lowest BCUT2D eigenvalue weighted by Crippen LogP contribution is -2.52. The molecule has 0 saturated carbocycles. The van der Waals surface area contributed by atoms with Gasteiger partial charge in [-0.25, -0.2) is 13.6 Å². The summed E-state index contributed by atoms with van der Waals surface area (Å²) < 4.78 is 37.4. The Morgan fingerprint density at radius 2 is 1.95 bits per heavy atom. The van der Waals surface area contributed by atoms with Gasteiger partial charge in [0.1, 0.15) is 5.60 Å². The van der Waals surface area contributed by atoms with Crippen LogP contribution in [0.1, 0.15) is 33.6 Å². The molecule has 0 aliphatic carbocycles. The highest BCUT2D eigenvalue weighted by Crippen LogP contribution is 2.35. The number of rotatable bonds is 2. The standard InChI is InChI=1S/C13H21F2NO4/c1-12(2,3)20-11(18)16-6-5-9(7-10(17)19-4)13(14,15)8-16/h9H,5-8H2,1-4H3/t9-/m0/s1. The summed E-state index contributed by atoms with van der Waals surface area (Å²) in [5.74, 6) is -4.89. The average molecular weight is 293 g/mol. The molecule has 1 heterocycles. The van der Waals surface area contributed by atoms with E-state index in [-0.39, 0.29) is 19.4 Å². The summed E-state index contributed by atoms with van der Waals surface area (Å²) in [5.41, 5.74) is -0.727. The second-order valence-corrected chi connectivity index (χ2v) is 5.93. The molecule has 1 amide bonds. The van der Waals surface area contributed by atoms with Crippen molar-refractivity contribution in [1.82, 2.24) is 4.90 Å². The molecule has 0 unspecified atom stereocenters. The van der Waals surface area contributed by atoms with E-state index in [1.165, 1.54) is 0 Å². The average Bonchev–Trinajstić information content (AvgIpc) is 2.28. The summed E-state index contributed by atoms with van der Waals surface area (Å²) in [7, 11) is 1.16. The maximum Gasteiger partial charge on any atom is 0.410 e. The Morgan fingerprint density at radius 1 is 1.35 bits per heavy atom. The lowest BCUT2D eigenvalue weighted by atomic mass is 9.90. The third-order valence-corrected chi connectivity index (χ3v) is 3.04. The molecule has 1 atom stereocenters. The van der Waals surface area contributed by atoms with E-state index in [1.54, 1.807) is 20.8 Å². The van der Waals surface area contributed by atoms with Crippen LogP contribution in [0.25, 0.3) is 0 Å². The molecule has 1 fully saturated rings. The number of ether oxygens (including phenoxy) is 2. The second-order valence-electron chi connectivity index (χ2n) is 5.93. The molecular weight excluding hydrogens is 272 g/mol. The Labute approximate surface area is 117 Å². The summed E-state index contributed by atoms with van der Waals surface area (Å²) >= 11 is 0. The van der Waals surface area contributed by atoms with Crippen LogP contribution in [0.2, 0.25) is 0 Å². The number of amides is 1. The monoisotopic (exact) mass is 293 g/mol. The first-order chi connectivity index (χ1) is 9.05. The number of nitrogens with zero attached hydrogens (tertiary/aromatic N) is 1. The Bertz CT molecular complexity index is 379. The van der Waals surface area contributed by atoms with Gasteiger partial charge in [-0.05, 0) is 27.2 Å². The van der Waals surface area contributed by atoms with E-state index >= 15 is 0 Å². The van der Waals surface area contributed by atoms with Gasteiger partial charge in [-0.3, -0.25) is 4.79 Å². The van der Waals surface area contributed by atoms with Crippen LogP contribution in [0.3, 0.4) is 0 Å². The minimum atomic E-state index is -3.12. The van der Waals surface area contributed by atoms with Crippen molar-refractivity contribution < 1.29 is 27.8 Å². The second kappa shape index (κ2) is 5.93. The van der Waals surface area contributed by atoms with Crippen LogP contribution in [0.15, 0.2) is 0 Å². The molecule has 116 valence electrons. The maximum absolute atomic E-state index is 14.0. The van der Waals surface area contributed by atoms with Crippen LogP contribution in [-0.2, 0) is 14.3 Å². The van der Waals surface area contributed by atoms with Gasteiger partial charge in [0.25, 0.3) is 5.92 Å².